The van der Waals surface area contributed by atoms with Crippen molar-refractivity contribution in [3.8, 4) is 0 Å². The van der Waals surface area contributed by atoms with Crippen LogP contribution in [0.4, 0.5) is 0 Å². The Kier molecular flexibility index (Phi) is 6.04. The average Bonchev–Trinajstić information content (AvgIpc) is 2.57. The van der Waals surface area contributed by atoms with Crippen LogP contribution in [0.3, 0.4) is 0 Å². The van der Waals surface area contributed by atoms with Gasteiger partial charge in [0.2, 0.25) is 0 Å². The third-order valence-electron chi connectivity index (χ3n) is 2.45. The number of aromatic nitrogens is 2. The molecule has 1 aromatic heterocycles. The van der Waals surface area contributed by atoms with E-state index in [4.69, 9.17) is 5.41 Å². The van der Waals surface area contributed by atoms with Crippen LogP contribution < -0.4 is 5.32 Å². The Bertz CT molecular complexity index is 396. The van der Waals surface area contributed by atoms with Crippen molar-refractivity contribution in [2.45, 2.75) is 13.0 Å². The highest BCUT2D eigenvalue weighted by Crippen LogP contribution is 2.27. The Morgan fingerprint density at radius 3 is 2.82 bits per heavy atom. The van der Waals surface area contributed by atoms with Crippen molar-refractivity contribution in [2.75, 3.05) is 13.1 Å². The van der Waals surface area contributed by atoms with Gasteiger partial charge in [-0.25, -0.2) is 0 Å². The maximum atomic E-state index is 10.3. The number of hydrogen-bond acceptors (Lipinski definition) is 4. The highest BCUT2D eigenvalue weighted by molar-refractivity contribution is 14.1. The zero-order valence-electron chi connectivity index (χ0n) is 9.74. The van der Waals surface area contributed by atoms with Gasteiger partial charge < -0.3 is 10.4 Å². The Hall–Kier alpha value is 0.01000. The molecular formula is C10H16BrIN4O. The van der Waals surface area contributed by atoms with Gasteiger partial charge >= 0.3 is 0 Å². The molecule has 2 unspecified atom stereocenters. The lowest BCUT2D eigenvalue weighted by molar-refractivity contribution is 0.139. The van der Waals surface area contributed by atoms with Crippen molar-refractivity contribution >= 4 is 43.1 Å². The van der Waals surface area contributed by atoms with Crippen LogP contribution in [0, 0.1) is 15.0 Å². The smallest absolute Gasteiger partial charge is 0.129 e. The fraction of sp³-hybridized carbons (Fsp3) is 0.600. The fourth-order valence-electron chi connectivity index (χ4n) is 1.53. The number of nitrogens with zero attached hydrogens (tertiary/aromatic N) is 2. The molecule has 0 aliphatic heterocycles. The number of aryl methyl sites for hydroxylation is 1. The third kappa shape index (κ3) is 4.01. The molecule has 2 atom stereocenters. The normalized spacial score (nSPS) is 14.6. The molecule has 0 bridgehead atoms. The Balaban J connectivity index is 2.87. The van der Waals surface area contributed by atoms with Crippen molar-refractivity contribution in [2.24, 2.45) is 13.0 Å². The summed E-state index contributed by atoms with van der Waals surface area (Å²) in [6.07, 6.45) is 1.07. The molecule has 0 saturated heterocycles. The van der Waals surface area contributed by atoms with Gasteiger partial charge in [-0.2, -0.15) is 5.10 Å². The average molecular weight is 415 g/mol. The number of aliphatic hydroxyl groups excluding tert-OH is 1. The standard InChI is InChI=1S/C10H16BrIN4O/c1-3-14-4-6(9(11)13)8(17)7-5-16(2)15-10(7)12/h5-6,8,13-14,17H,3-4H2,1-2H3. The van der Waals surface area contributed by atoms with Gasteiger partial charge in [0.1, 0.15) is 3.70 Å². The number of hydrogen-bond donors (Lipinski definition) is 3. The van der Waals surface area contributed by atoms with Crippen LogP contribution in [0.2, 0.25) is 0 Å². The van der Waals surface area contributed by atoms with Crippen LogP contribution in [0.15, 0.2) is 6.20 Å². The molecule has 0 aliphatic rings. The first-order valence-corrected chi connectivity index (χ1v) is 7.16. The molecule has 1 rings (SSSR count). The molecule has 1 heterocycles. The molecule has 0 aromatic carbocycles. The molecule has 96 valence electrons. The molecule has 17 heavy (non-hydrogen) atoms. The molecule has 0 radical (unpaired) electrons. The highest BCUT2D eigenvalue weighted by atomic mass is 127. The van der Waals surface area contributed by atoms with Crippen LogP contribution in [0.25, 0.3) is 0 Å². The summed E-state index contributed by atoms with van der Waals surface area (Å²) in [6.45, 7) is 3.37. The third-order valence-corrected chi connectivity index (χ3v) is 3.88. The lowest BCUT2D eigenvalue weighted by Gasteiger charge is -2.20. The van der Waals surface area contributed by atoms with E-state index in [1.54, 1.807) is 10.9 Å². The summed E-state index contributed by atoms with van der Waals surface area (Å²) in [4.78, 5) is 0. The number of nitrogens with one attached hydrogen (secondary N) is 2. The lowest BCUT2D eigenvalue weighted by Crippen LogP contribution is -2.30. The van der Waals surface area contributed by atoms with Gasteiger partial charge in [0.15, 0.2) is 0 Å². The van der Waals surface area contributed by atoms with E-state index in [-0.39, 0.29) is 5.92 Å². The van der Waals surface area contributed by atoms with E-state index in [2.05, 4.69) is 48.9 Å². The summed E-state index contributed by atoms with van der Waals surface area (Å²) in [5.41, 5.74) is 0.764. The summed E-state index contributed by atoms with van der Waals surface area (Å²) in [7, 11) is 1.82. The second-order valence-electron chi connectivity index (χ2n) is 3.76. The van der Waals surface area contributed by atoms with Crippen LogP contribution in [0.5, 0.6) is 0 Å². The summed E-state index contributed by atoms with van der Waals surface area (Å²) >= 11 is 5.25. The number of rotatable bonds is 6. The van der Waals surface area contributed by atoms with E-state index in [0.717, 1.165) is 15.8 Å². The zero-order chi connectivity index (χ0) is 13.0. The molecule has 3 N–H and O–H groups in total. The van der Waals surface area contributed by atoms with Gasteiger partial charge in [0.05, 0.1) is 16.6 Å². The maximum Gasteiger partial charge on any atom is 0.129 e. The topological polar surface area (TPSA) is 73.9 Å². The molecule has 0 amide bonds. The predicted octanol–water partition coefficient (Wildman–Crippen LogP) is 1.66. The molecule has 0 aliphatic carbocycles. The summed E-state index contributed by atoms with van der Waals surface area (Å²) < 4.78 is 2.74. The number of aliphatic hydroxyl groups is 1. The second-order valence-corrected chi connectivity index (χ2v) is 5.63. The van der Waals surface area contributed by atoms with Gasteiger partial charge in [0, 0.05) is 25.4 Å². The van der Waals surface area contributed by atoms with Crippen LogP contribution in [0.1, 0.15) is 18.6 Å². The highest BCUT2D eigenvalue weighted by Gasteiger charge is 2.26. The molecule has 7 heteroatoms. The molecule has 0 spiro atoms. The Labute approximate surface area is 123 Å². The quantitative estimate of drug-likeness (QED) is 0.489. The van der Waals surface area contributed by atoms with Gasteiger partial charge in [0.25, 0.3) is 0 Å². The van der Waals surface area contributed by atoms with E-state index in [0.29, 0.717) is 11.2 Å². The molecule has 1 aromatic rings. The van der Waals surface area contributed by atoms with Crippen molar-refractivity contribution in [1.29, 1.82) is 5.41 Å². The van der Waals surface area contributed by atoms with Crippen LogP contribution >= 0.6 is 38.5 Å². The minimum atomic E-state index is -0.721. The SMILES string of the molecule is CCNCC(C(=N)Br)C(O)c1cn(C)nc1I. The summed E-state index contributed by atoms with van der Waals surface area (Å²) in [6, 6.07) is 0. The van der Waals surface area contributed by atoms with Gasteiger partial charge in [-0.3, -0.25) is 10.1 Å². The molecular weight excluding hydrogens is 399 g/mol. The van der Waals surface area contributed by atoms with E-state index in [1.807, 2.05) is 14.0 Å². The van der Waals surface area contributed by atoms with Crippen molar-refractivity contribution < 1.29 is 5.11 Å². The maximum absolute atomic E-state index is 10.3. The van der Waals surface area contributed by atoms with Crippen molar-refractivity contribution in [3.05, 3.63) is 15.5 Å². The van der Waals surface area contributed by atoms with E-state index in [1.165, 1.54) is 0 Å². The first-order valence-electron chi connectivity index (χ1n) is 5.29. The van der Waals surface area contributed by atoms with Gasteiger partial charge in [-0.1, -0.05) is 6.92 Å². The van der Waals surface area contributed by atoms with Gasteiger partial charge in [-0.15, -0.1) is 0 Å². The fourth-order valence-corrected chi connectivity index (χ4v) is 2.75. The second kappa shape index (κ2) is 6.81. The molecule has 0 fully saturated rings. The van der Waals surface area contributed by atoms with Crippen LogP contribution in [-0.4, -0.2) is 32.6 Å². The zero-order valence-corrected chi connectivity index (χ0v) is 13.5. The van der Waals surface area contributed by atoms with Gasteiger partial charge in [-0.05, 0) is 45.1 Å². The summed E-state index contributed by atoms with van der Waals surface area (Å²) in [5, 5.41) is 25.3. The summed E-state index contributed by atoms with van der Waals surface area (Å²) in [5.74, 6) is -0.285. The first kappa shape index (κ1) is 15.1. The minimum absolute atomic E-state index is 0.285. The monoisotopic (exact) mass is 414 g/mol. The molecule has 0 saturated carbocycles. The molecule has 5 nitrogen and oxygen atoms in total. The number of halogens is 2. The largest absolute Gasteiger partial charge is 0.387 e. The van der Waals surface area contributed by atoms with E-state index < -0.39 is 6.10 Å². The minimum Gasteiger partial charge on any atom is -0.387 e. The van der Waals surface area contributed by atoms with E-state index in [9.17, 15) is 5.11 Å². The van der Waals surface area contributed by atoms with Crippen LogP contribution in [-0.2, 0) is 7.05 Å². The van der Waals surface area contributed by atoms with Crippen molar-refractivity contribution in [3.63, 3.8) is 0 Å². The Morgan fingerprint density at radius 2 is 2.41 bits per heavy atom. The predicted molar refractivity (Wildman–Crippen MR) is 79.6 cm³/mol. The Morgan fingerprint density at radius 1 is 1.76 bits per heavy atom. The first-order chi connectivity index (χ1) is 7.97. The van der Waals surface area contributed by atoms with Crippen molar-refractivity contribution in [1.82, 2.24) is 15.1 Å². The lowest BCUT2D eigenvalue weighted by atomic mass is 9.99. The van der Waals surface area contributed by atoms with E-state index >= 15 is 0 Å².